The maximum atomic E-state index is 9.13. The molecule has 72 valence electrons. The van der Waals surface area contributed by atoms with Crippen LogP contribution in [-0.2, 0) is 0 Å². The van der Waals surface area contributed by atoms with Crippen LogP contribution in [0.3, 0.4) is 0 Å². The summed E-state index contributed by atoms with van der Waals surface area (Å²) >= 11 is 7.47. The van der Waals surface area contributed by atoms with Gasteiger partial charge in [-0.2, -0.15) is 0 Å². The summed E-state index contributed by atoms with van der Waals surface area (Å²) in [5.74, 6) is 0.247. The van der Waals surface area contributed by atoms with Crippen LogP contribution in [0.15, 0.2) is 24.3 Å². The molecule has 0 bridgehead atoms. The molecule has 0 saturated heterocycles. The molecule has 0 aliphatic carbocycles. The lowest BCUT2D eigenvalue weighted by Crippen LogP contribution is -1.78. The van der Waals surface area contributed by atoms with Crippen molar-refractivity contribution in [1.82, 2.24) is 4.98 Å². The number of aromatic hydroxyl groups is 1. The molecule has 1 aromatic heterocycles. The maximum Gasteiger partial charge on any atom is 0.121 e. The van der Waals surface area contributed by atoms with Crippen LogP contribution >= 0.6 is 22.9 Å². The number of rotatable bonds is 1. The largest absolute Gasteiger partial charge is 0.508 e. The summed E-state index contributed by atoms with van der Waals surface area (Å²) in [4.78, 5) is 4.32. The van der Waals surface area contributed by atoms with Gasteiger partial charge in [0.2, 0.25) is 0 Å². The third-order valence-corrected chi connectivity index (χ3v) is 3.00. The number of aromatic nitrogens is 1. The van der Waals surface area contributed by atoms with E-state index in [9.17, 15) is 0 Å². The average molecular weight is 226 g/mol. The highest BCUT2D eigenvalue weighted by molar-refractivity contribution is 7.16. The second-order valence-corrected chi connectivity index (χ2v) is 4.71. The molecule has 4 heteroatoms. The van der Waals surface area contributed by atoms with Crippen LogP contribution in [0.1, 0.15) is 5.01 Å². The third-order valence-electron chi connectivity index (χ3n) is 1.83. The van der Waals surface area contributed by atoms with E-state index in [0.717, 1.165) is 16.3 Å². The zero-order valence-electron chi connectivity index (χ0n) is 7.49. The quantitative estimate of drug-likeness (QED) is 0.806. The van der Waals surface area contributed by atoms with Gasteiger partial charge in [-0.05, 0) is 31.2 Å². The van der Waals surface area contributed by atoms with Gasteiger partial charge in [0.05, 0.1) is 5.01 Å². The van der Waals surface area contributed by atoms with Crippen LogP contribution in [0.5, 0.6) is 5.75 Å². The molecule has 0 fully saturated rings. The van der Waals surface area contributed by atoms with Crippen LogP contribution in [0, 0.1) is 6.92 Å². The van der Waals surface area contributed by atoms with Gasteiger partial charge in [0.15, 0.2) is 0 Å². The Morgan fingerprint density at radius 1 is 1.29 bits per heavy atom. The van der Waals surface area contributed by atoms with Crippen molar-refractivity contribution in [1.29, 1.82) is 0 Å². The summed E-state index contributed by atoms with van der Waals surface area (Å²) < 4.78 is 0.688. The van der Waals surface area contributed by atoms with Crippen LogP contribution in [0.2, 0.25) is 4.34 Å². The molecule has 0 atom stereocenters. The van der Waals surface area contributed by atoms with Crippen molar-refractivity contribution in [2.45, 2.75) is 6.92 Å². The van der Waals surface area contributed by atoms with E-state index in [0.29, 0.717) is 4.34 Å². The fourth-order valence-electron chi connectivity index (χ4n) is 1.20. The Morgan fingerprint density at radius 3 is 2.43 bits per heavy atom. The lowest BCUT2D eigenvalue weighted by molar-refractivity contribution is 0.475. The number of nitrogens with zero attached hydrogens (tertiary/aromatic N) is 1. The van der Waals surface area contributed by atoms with E-state index in [1.165, 1.54) is 11.3 Å². The number of halogens is 1. The standard InChI is InChI=1S/C10H8ClNOS/c1-6-12-9(10(11)14-6)7-2-4-8(13)5-3-7/h2-5,13H,1H3. The lowest BCUT2D eigenvalue weighted by Gasteiger charge is -1.97. The molecular formula is C10H8ClNOS. The van der Waals surface area contributed by atoms with Crippen molar-refractivity contribution < 1.29 is 5.11 Å². The topological polar surface area (TPSA) is 33.1 Å². The highest BCUT2D eigenvalue weighted by atomic mass is 35.5. The normalized spacial score (nSPS) is 10.4. The summed E-state index contributed by atoms with van der Waals surface area (Å²) in [5.41, 5.74) is 1.71. The fraction of sp³-hybridized carbons (Fsp3) is 0.100. The fourth-order valence-corrected chi connectivity index (χ4v) is 2.34. The van der Waals surface area contributed by atoms with Crippen LogP contribution in [0.25, 0.3) is 11.3 Å². The number of aryl methyl sites for hydroxylation is 1. The Balaban J connectivity index is 2.49. The molecular weight excluding hydrogens is 218 g/mol. The predicted octanol–water partition coefficient (Wildman–Crippen LogP) is 3.48. The zero-order valence-corrected chi connectivity index (χ0v) is 9.06. The molecule has 0 spiro atoms. The minimum absolute atomic E-state index is 0.247. The molecule has 0 aliphatic rings. The highest BCUT2D eigenvalue weighted by Crippen LogP contribution is 2.32. The van der Waals surface area contributed by atoms with Crippen LogP contribution in [-0.4, -0.2) is 10.1 Å². The number of phenols is 1. The maximum absolute atomic E-state index is 9.13. The molecule has 2 nitrogen and oxygen atoms in total. The molecule has 1 heterocycles. The lowest BCUT2D eigenvalue weighted by atomic mass is 10.2. The van der Waals surface area contributed by atoms with Gasteiger partial charge in [-0.3, -0.25) is 0 Å². The van der Waals surface area contributed by atoms with Crippen molar-refractivity contribution in [2.24, 2.45) is 0 Å². The van der Waals surface area contributed by atoms with E-state index >= 15 is 0 Å². The van der Waals surface area contributed by atoms with Gasteiger partial charge in [0.25, 0.3) is 0 Å². The van der Waals surface area contributed by atoms with E-state index in [1.54, 1.807) is 24.3 Å². The van der Waals surface area contributed by atoms with Gasteiger partial charge >= 0.3 is 0 Å². The first kappa shape index (κ1) is 9.49. The minimum atomic E-state index is 0.247. The van der Waals surface area contributed by atoms with Crippen molar-refractivity contribution in [3.05, 3.63) is 33.6 Å². The van der Waals surface area contributed by atoms with Gasteiger partial charge in [-0.15, -0.1) is 11.3 Å². The third kappa shape index (κ3) is 1.74. The van der Waals surface area contributed by atoms with Crippen molar-refractivity contribution in [2.75, 3.05) is 0 Å². The van der Waals surface area contributed by atoms with Gasteiger partial charge in [-0.1, -0.05) is 11.6 Å². The first-order chi connectivity index (χ1) is 6.66. The van der Waals surface area contributed by atoms with Gasteiger partial charge < -0.3 is 5.11 Å². The van der Waals surface area contributed by atoms with E-state index < -0.39 is 0 Å². The van der Waals surface area contributed by atoms with Gasteiger partial charge in [0.1, 0.15) is 15.8 Å². The Hall–Kier alpha value is -1.06. The summed E-state index contributed by atoms with van der Waals surface area (Å²) in [6.07, 6.45) is 0. The van der Waals surface area contributed by atoms with E-state index in [4.69, 9.17) is 16.7 Å². The predicted molar refractivity (Wildman–Crippen MR) is 59.0 cm³/mol. The van der Waals surface area contributed by atoms with E-state index in [2.05, 4.69) is 4.98 Å². The number of thiazole rings is 1. The number of hydrogen-bond donors (Lipinski definition) is 1. The SMILES string of the molecule is Cc1nc(-c2ccc(O)cc2)c(Cl)s1. The molecule has 1 aromatic carbocycles. The molecule has 2 rings (SSSR count). The molecule has 0 aliphatic heterocycles. The van der Waals surface area contributed by atoms with Gasteiger partial charge in [-0.25, -0.2) is 4.98 Å². The second-order valence-electron chi connectivity index (χ2n) is 2.90. The Labute approximate surface area is 90.8 Å². The van der Waals surface area contributed by atoms with Gasteiger partial charge in [0, 0.05) is 5.56 Å². The molecule has 2 aromatic rings. The van der Waals surface area contributed by atoms with Crippen LogP contribution < -0.4 is 0 Å². The monoisotopic (exact) mass is 225 g/mol. The Morgan fingerprint density at radius 2 is 1.93 bits per heavy atom. The molecule has 0 amide bonds. The minimum Gasteiger partial charge on any atom is -0.508 e. The molecule has 0 radical (unpaired) electrons. The number of phenolic OH excluding ortho intramolecular Hbond substituents is 1. The van der Waals surface area contributed by atoms with Crippen molar-refractivity contribution >= 4 is 22.9 Å². The highest BCUT2D eigenvalue weighted by Gasteiger charge is 2.08. The smallest absolute Gasteiger partial charge is 0.121 e. The molecule has 14 heavy (non-hydrogen) atoms. The number of benzene rings is 1. The number of hydrogen-bond acceptors (Lipinski definition) is 3. The molecule has 1 N–H and O–H groups in total. The molecule has 0 unspecified atom stereocenters. The average Bonchev–Trinajstić information content (AvgIpc) is 2.47. The zero-order chi connectivity index (χ0) is 10.1. The van der Waals surface area contributed by atoms with Crippen molar-refractivity contribution in [3.63, 3.8) is 0 Å². The Kier molecular flexibility index (Phi) is 2.44. The summed E-state index contributed by atoms with van der Waals surface area (Å²) in [6, 6.07) is 6.85. The van der Waals surface area contributed by atoms with Crippen molar-refractivity contribution in [3.8, 4) is 17.0 Å². The molecule has 0 saturated carbocycles. The van der Waals surface area contributed by atoms with E-state index in [-0.39, 0.29) is 5.75 Å². The van der Waals surface area contributed by atoms with E-state index in [1.807, 2.05) is 6.92 Å². The summed E-state index contributed by atoms with van der Waals surface area (Å²) in [6.45, 7) is 1.92. The van der Waals surface area contributed by atoms with Crippen LogP contribution in [0.4, 0.5) is 0 Å². The second kappa shape index (κ2) is 3.59. The first-order valence-electron chi connectivity index (χ1n) is 4.09. The summed E-state index contributed by atoms with van der Waals surface area (Å²) in [5, 5.41) is 10.1. The summed E-state index contributed by atoms with van der Waals surface area (Å²) in [7, 11) is 0. The first-order valence-corrected chi connectivity index (χ1v) is 5.28. The Bertz CT molecular complexity index is 450.